The molecule has 0 aliphatic heterocycles. The third-order valence-corrected chi connectivity index (χ3v) is 4.52. The molecule has 0 atom stereocenters. The monoisotopic (exact) mass is 350 g/mol. The minimum Gasteiger partial charge on any atom is -0.462 e. The van der Waals surface area contributed by atoms with Crippen molar-refractivity contribution >= 4 is 23.5 Å². The van der Waals surface area contributed by atoms with Crippen molar-refractivity contribution < 1.29 is 14.3 Å². The Bertz CT molecular complexity index is 749. The van der Waals surface area contributed by atoms with Gasteiger partial charge >= 0.3 is 5.97 Å². The molecule has 0 spiro atoms. The molecule has 1 N–H and O–H groups in total. The highest BCUT2D eigenvalue weighted by molar-refractivity contribution is 7.99. The molecule has 130 valence electrons. The third-order valence-electron chi connectivity index (χ3n) is 3.56. The number of aromatic amines is 1. The summed E-state index contributed by atoms with van der Waals surface area (Å²) in [5, 5.41) is 8.61. The molecule has 2 rings (SSSR count). The number of hydrogen-bond donors (Lipinski definition) is 1. The quantitative estimate of drug-likeness (QED) is 0.469. The van der Waals surface area contributed by atoms with Crippen molar-refractivity contribution in [2.75, 3.05) is 12.4 Å². The fourth-order valence-electron chi connectivity index (χ4n) is 2.48. The van der Waals surface area contributed by atoms with Crippen molar-refractivity contribution in [3.63, 3.8) is 0 Å². The summed E-state index contributed by atoms with van der Waals surface area (Å²) in [7, 11) is 0. The lowest BCUT2D eigenvalue weighted by Gasteiger charge is -2.09. The lowest BCUT2D eigenvalue weighted by atomic mass is 10.1. The standard InChI is InChI=1S/C16H22N4O3S/c1-6-23-15(22)14-11(5)18-10(4)13(14)12(21)7-24-16-19-17-8-20(16)9(2)3/h8-9,18H,6-7H2,1-5H3. The molecular weight excluding hydrogens is 328 g/mol. The van der Waals surface area contributed by atoms with Crippen LogP contribution in [0.25, 0.3) is 0 Å². The zero-order valence-electron chi connectivity index (χ0n) is 14.5. The minimum atomic E-state index is -0.474. The number of rotatable bonds is 7. The molecule has 7 nitrogen and oxygen atoms in total. The van der Waals surface area contributed by atoms with Crippen molar-refractivity contribution in [2.45, 2.75) is 45.8 Å². The van der Waals surface area contributed by atoms with Crippen molar-refractivity contribution in [3.8, 4) is 0 Å². The minimum absolute atomic E-state index is 0.136. The summed E-state index contributed by atoms with van der Waals surface area (Å²) < 4.78 is 6.97. The van der Waals surface area contributed by atoms with Crippen LogP contribution < -0.4 is 0 Å². The Labute approximate surface area is 145 Å². The SMILES string of the molecule is CCOC(=O)c1c(C)[nH]c(C)c1C(=O)CSc1nncn1C(C)C. The number of hydrogen-bond acceptors (Lipinski definition) is 6. The van der Waals surface area contributed by atoms with E-state index in [1.807, 2.05) is 18.4 Å². The van der Waals surface area contributed by atoms with Crippen molar-refractivity contribution in [1.29, 1.82) is 0 Å². The molecule has 0 radical (unpaired) electrons. The van der Waals surface area contributed by atoms with Crippen LogP contribution in [-0.2, 0) is 4.74 Å². The normalized spacial score (nSPS) is 11.1. The Morgan fingerprint density at radius 2 is 1.96 bits per heavy atom. The van der Waals surface area contributed by atoms with Crippen molar-refractivity contribution in [3.05, 3.63) is 28.8 Å². The second-order valence-corrected chi connectivity index (χ2v) is 6.61. The van der Waals surface area contributed by atoms with Crippen LogP contribution in [0.3, 0.4) is 0 Å². The second-order valence-electron chi connectivity index (χ2n) is 5.67. The molecular formula is C16H22N4O3S. The van der Waals surface area contributed by atoms with Gasteiger partial charge in [0.05, 0.1) is 23.5 Å². The fourth-order valence-corrected chi connectivity index (χ4v) is 3.40. The molecule has 0 fully saturated rings. The second kappa shape index (κ2) is 7.65. The molecule has 24 heavy (non-hydrogen) atoms. The average molecular weight is 350 g/mol. The highest BCUT2D eigenvalue weighted by atomic mass is 32.2. The van der Waals surface area contributed by atoms with Crippen LogP contribution in [-0.4, -0.2) is 43.9 Å². The molecule has 0 aromatic carbocycles. The Morgan fingerprint density at radius 3 is 2.58 bits per heavy atom. The summed E-state index contributed by atoms with van der Waals surface area (Å²) in [6, 6.07) is 0.212. The maximum atomic E-state index is 12.7. The first-order valence-corrected chi connectivity index (χ1v) is 8.77. The van der Waals surface area contributed by atoms with Crippen LogP contribution in [0.1, 0.15) is 58.9 Å². The predicted molar refractivity (Wildman–Crippen MR) is 91.7 cm³/mol. The molecule has 8 heteroatoms. The number of Topliss-reactive ketones (excluding diaryl/α,β-unsaturated/α-hetero) is 1. The smallest absolute Gasteiger partial charge is 0.340 e. The first-order valence-electron chi connectivity index (χ1n) is 7.78. The van der Waals surface area contributed by atoms with E-state index in [4.69, 9.17) is 4.74 Å². The van der Waals surface area contributed by atoms with Gasteiger partial charge in [-0.3, -0.25) is 4.79 Å². The predicted octanol–water partition coefficient (Wildman–Crippen LogP) is 2.96. The number of H-pyrrole nitrogens is 1. The molecule has 2 heterocycles. The number of nitrogens with zero attached hydrogens (tertiary/aromatic N) is 3. The Morgan fingerprint density at radius 1 is 1.29 bits per heavy atom. The maximum absolute atomic E-state index is 12.7. The van der Waals surface area contributed by atoms with Crippen LogP contribution in [0.2, 0.25) is 0 Å². The lowest BCUT2D eigenvalue weighted by molar-refractivity contribution is 0.0522. The van der Waals surface area contributed by atoms with E-state index >= 15 is 0 Å². The summed E-state index contributed by atoms with van der Waals surface area (Å²) in [6.45, 7) is 9.59. The highest BCUT2D eigenvalue weighted by Gasteiger charge is 2.25. The van der Waals surface area contributed by atoms with Crippen LogP contribution in [0.5, 0.6) is 0 Å². The summed E-state index contributed by atoms with van der Waals surface area (Å²) in [6.07, 6.45) is 1.65. The zero-order valence-corrected chi connectivity index (χ0v) is 15.4. The van der Waals surface area contributed by atoms with Gasteiger partial charge < -0.3 is 14.3 Å². The molecule has 2 aromatic heterocycles. The molecule has 0 saturated heterocycles. The van der Waals surface area contributed by atoms with Crippen LogP contribution in [0.4, 0.5) is 0 Å². The van der Waals surface area contributed by atoms with Gasteiger partial charge in [0.1, 0.15) is 6.33 Å². The number of aromatic nitrogens is 4. The zero-order chi connectivity index (χ0) is 17.9. The van der Waals surface area contributed by atoms with Crippen LogP contribution >= 0.6 is 11.8 Å². The highest BCUT2D eigenvalue weighted by Crippen LogP contribution is 2.24. The van der Waals surface area contributed by atoms with E-state index in [-0.39, 0.29) is 24.2 Å². The number of ketones is 1. The van der Waals surface area contributed by atoms with Crippen LogP contribution in [0.15, 0.2) is 11.5 Å². The summed E-state index contributed by atoms with van der Waals surface area (Å²) in [4.78, 5) is 27.9. The number of esters is 1. The molecule has 0 aliphatic rings. The Balaban J connectivity index is 2.21. The molecule has 0 bridgehead atoms. The van der Waals surface area contributed by atoms with Gasteiger partial charge in [-0.25, -0.2) is 4.79 Å². The number of carbonyl (C=O) groups is 2. The number of nitrogens with one attached hydrogen (secondary N) is 1. The summed E-state index contributed by atoms with van der Waals surface area (Å²) >= 11 is 1.31. The van der Waals surface area contributed by atoms with E-state index < -0.39 is 5.97 Å². The number of ether oxygens (including phenoxy) is 1. The molecule has 2 aromatic rings. The van der Waals surface area contributed by atoms with Gasteiger partial charge in [0.15, 0.2) is 10.9 Å². The topological polar surface area (TPSA) is 89.9 Å². The van der Waals surface area contributed by atoms with Gasteiger partial charge in [-0.1, -0.05) is 11.8 Å². The largest absolute Gasteiger partial charge is 0.462 e. The summed E-state index contributed by atoms with van der Waals surface area (Å²) in [5.74, 6) is -0.433. The molecule has 0 aliphatic carbocycles. The maximum Gasteiger partial charge on any atom is 0.340 e. The fraction of sp³-hybridized carbons (Fsp3) is 0.500. The van der Waals surface area contributed by atoms with Crippen molar-refractivity contribution in [2.24, 2.45) is 0 Å². The Kier molecular flexibility index (Phi) is 5.82. The van der Waals surface area contributed by atoms with E-state index in [0.717, 1.165) is 0 Å². The third kappa shape index (κ3) is 3.69. The van der Waals surface area contributed by atoms with E-state index in [9.17, 15) is 9.59 Å². The van der Waals surface area contributed by atoms with E-state index in [1.54, 1.807) is 27.1 Å². The average Bonchev–Trinajstić information content (AvgIpc) is 3.09. The number of thioether (sulfide) groups is 1. The molecule has 0 unspecified atom stereocenters. The first kappa shape index (κ1) is 18.3. The molecule has 0 saturated carbocycles. The lowest BCUT2D eigenvalue weighted by Crippen LogP contribution is -2.13. The number of carbonyl (C=O) groups excluding carboxylic acids is 2. The first-order chi connectivity index (χ1) is 11.4. The summed E-state index contributed by atoms with van der Waals surface area (Å²) in [5.41, 5.74) is 2.04. The van der Waals surface area contributed by atoms with Gasteiger partial charge in [-0.05, 0) is 34.6 Å². The van der Waals surface area contributed by atoms with E-state index in [1.165, 1.54) is 11.8 Å². The van der Waals surface area contributed by atoms with Gasteiger partial charge in [0.2, 0.25) is 0 Å². The van der Waals surface area contributed by atoms with Crippen molar-refractivity contribution in [1.82, 2.24) is 19.7 Å². The van der Waals surface area contributed by atoms with Gasteiger partial charge in [-0.15, -0.1) is 10.2 Å². The Hall–Kier alpha value is -2.09. The van der Waals surface area contributed by atoms with E-state index in [0.29, 0.717) is 27.7 Å². The van der Waals surface area contributed by atoms with Gasteiger partial charge in [-0.2, -0.15) is 0 Å². The van der Waals surface area contributed by atoms with Crippen LogP contribution in [0, 0.1) is 13.8 Å². The molecule has 0 amide bonds. The van der Waals surface area contributed by atoms with Gasteiger partial charge in [0.25, 0.3) is 0 Å². The van der Waals surface area contributed by atoms with E-state index in [2.05, 4.69) is 15.2 Å². The van der Waals surface area contributed by atoms with Gasteiger partial charge in [0, 0.05) is 17.4 Å². The number of aryl methyl sites for hydroxylation is 2.